The van der Waals surface area contributed by atoms with E-state index in [1.54, 1.807) is 11.3 Å². The molecule has 0 unspecified atom stereocenters. The normalized spacial score (nSPS) is 12.2. The van der Waals surface area contributed by atoms with Crippen LogP contribution in [0.15, 0.2) is 173 Å². The van der Waals surface area contributed by atoms with Crippen LogP contribution < -0.4 is 0 Å². The summed E-state index contributed by atoms with van der Waals surface area (Å²) >= 11 is 1.77. The number of fused-ring (bicyclic) bond motifs is 9. The van der Waals surface area contributed by atoms with Crippen molar-refractivity contribution in [3.63, 3.8) is 0 Å². The first-order chi connectivity index (χ1) is 28.2. The van der Waals surface area contributed by atoms with Crippen molar-refractivity contribution in [2.75, 3.05) is 0 Å². The van der Waals surface area contributed by atoms with Gasteiger partial charge in [-0.15, -0.1) is 11.3 Å². The van der Waals surface area contributed by atoms with Crippen molar-refractivity contribution in [2.45, 2.75) is 0 Å². The van der Waals surface area contributed by atoms with Gasteiger partial charge in [0.15, 0.2) is 17.5 Å². The minimum atomic E-state index is 0.590. The molecule has 0 aliphatic carbocycles. The highest BCUT2D eigenvalue weighted by Crippen LogP contribution is 2.45. The van der Waals surface area contributed by atoms with Gasteiger partial charge in [0.05, 0.1) is 0 Å². The lowest BCUT2D eigenvalue weighted by Crippen LogP contribution is -2.00. The Morgan fingerprint density at radius 2 is 0.912 bits per heavy atom. The molecule has 0 amide bonds. The third-order valence-corrected chi connectivity index (χ3v) is 12.7. The van der Waals surface area contributed by atoms with Crippen LogP contribution in [0.2, 0.25) is 0 Å². The van der Waals surface area contributed by atoms with E-state index in [4.69, 9.17) is 23.8 Å². The standard InChI is InChI=1S/C51H27N3O2S/c1-2-10-33-32(9-1)37-13-8-17-42-46(37)47-40(33)25-31(27-44(47)56-42)28-19-21-29(22-20-28)49-52-50(30-23-24-35-34-11-3-5-16-41(34)55-43(35)26-30)54-51(53-49)39-15-7-14-38-36-12-4-6-18-45(36)57-48(38)39/h1-27H. The summed E-state index contributed by atoms with van der Waals surface area (Å²) in [5, 5.41) is 11.8. The molecule has 57 heavy (non-hydrogen) atoms. The Balaban J connectivity index is 0.980. The molecule has 13 aromatic rings. The molecular formula is C51H27N3O2S. The van der Waals surface area contributed by atoms with Crippen molar-refractivity contribution in [1.82, 2.24) is 15.0 Å². The molecule has 9 aromatic carbocycles. The molecule has 13 rings (SSSR count). The average molecular weight is 746 g/mol. The van der Waals surface area contributed by atoms with Gasteiger partial charge in [0, 0.05) is 58.4 Å². The molecule has 4 heterocycles. The molecule has 5 nitrogen and oxygen atoms in total. The molecule has 0 radical (unpaired) electrons. The summed E-state index contributed by atoms with van der Waals surface area (Å²) in [6.45, 7) is 0. The highest BCUT2D eigenvalue weighted by molar-refractivity contribution is 7.26. The molecule has 264 valence electrons. The topological polar surface area (TPSA) is 65.0 Å². The number of furan rings is 2. The first kappa shape index (κ1) is 30.9. The molecule has 0 saturated carbocycles. The monoisotopic (exact) mass is 745 g/mol. The fraction of sp³-hybridized carbons (Fsp3) is 0. The van der Waals surface area contributed by atoms with Crippen molar-refractivity contribution in [2.24, 2.45) is 0 Å². The first-order valence-electron chi connectivity index (χ1n) is 19.0. The number of nitrogens with zero attached hydrogens (tertiary/aromatic N) is 3. The van der Waals surface area contributed by atoms with Gasteiger partial charge in [0.2, 0.25) is 0 Å². The summed E-state index contributed by atoms with van der Waals surface area (Å²) in [5.41, 5.74) is 8.39. The average Bonchev–Trinajstić information content (AvgIpc) is 3.97. The summed E-state index contributed by atoms with van der Waals surface area (Å²) in [7, 11) is 0. The van der Waals surface area contributed by atoms with E-state index in [0.29, 0.717) is 17.5 Å². The van der Waals surface area contributed by atoms with Gasteiger partial charge in [-0.25, -0.2) is 15.0 Å². The van der Waals surface area contributed by atoms with Gasteiger partial charge in [-0.05, 0) is 81.2 Å². The van der Waals surface area contributed by atoms with Crippen LogP contribution in [0.25, 0.3) is 131 Å². The fourth-order valence-electron chi connectivity index (χ4n) is 8.86. The zero-order valence-electron chi connectivity index (χ0n) is 30.2. The highest BCUT2D eigenvalue weighted by Gasteiger charge is 2.20. The number of hydrogen-bond acceptors (Lipinski definition) is 6. The zero-order chi connectivity index (χ0) is 37.2. The number of benzene rings is 9. The quantitative estimate of drug-likeness (QED) is 0.168. The van der Waals surface area contributed by atoms with Crippen molar-refractivity contribution in [3.8, 4) is 45.3 Å². The van der Waals surface area contributed by atoms with E-state index in [-0.39, 0.29) is 0 Å². The van der Waals surface area contributed by atoms with Crippen LogP contribution >= 0.6 is 11.3 Å². The van der Waals surface area contributed by atoms with E-state index < -0.39 is 0 Å². The van der Waals surface area contributed by atoms with Crippen LogP contribution in [0.1, 0.15) is 0 Å². The number of para-hydroxylation sites is 1. The lowest BCUT2D eigenvalue weighted by Gasteiger charge is -2.11. The second-order valence-electron chi connectivity index (χ2n) is 14.7. The van der Waals surface area contributed by atoms with E-state index in [1.807, 2.05) is 24.3 Å². The molecule has 0 saturated heterocycles. The molecule has 0 aliphatic heterocycles. The van der Waals surface area contributed by atoms with Gasteiger partial charge in [0.1, 0.15) is 22.3 Å². The summed E-state index contributed by atoms with van der Waals surface area (Å²) in [6, 6.07) is 57.3. The van der Waals surface area contributed by atoms with Crippen LogP contribution in [0.5, 0.6) is 0 Å². The smallest absolute Gasteiger partial charge is 0.165 e. The molecule has 0 aliphatic rings. The molecule has 0 bridgehead atoms. The number of hydrogen-bond donors (Lipinski definition) is 0. The van der Waals surface area contributed by atoms with E-state index in [0.717, 1.165) is 65.6 Å². The largest absolute Gasteiger partial charge is 0.456 e. The second-order valence-corrected chi connectivity index (χ2v) is 15.7. The Bertz CT molecular complexity index is 3760. The lowest BCUT2D eigenvalue weighted by molar-refractivity contribution is 0.669. The fourth-order valence-corrected chi connectivity index (χ4v) is 10.1. The first-order valence-corrected chi connectivity index (χ1v) is 19.8. The van der Waals surface area contributed by atoms with Crippen LogP contribution in [-0.2, 0) is 0 Å². The maximum absolute atomic E-state index is 6.51. The number of rotatable bonds is 4. The third kappa shape index (κ3) is 4.53. The van der Waals surface area contributed by atoms with Crippen LogP contribution in [-0.4, -0.2) is 15.0 Å². The summed E-state index contributed by atoms with van der Waals surface area (Å²) in [4.78, 5) is 15.5. The van der Waals surface area contributed by atoms with Crippen LogP contribution in [0.4, 0.5) is 0 Å². The molecule has 0 fully saturated rings. The Morgan fingerprint density at radius 3 is 1.79 bits per heavy atom. The predicted octanol–water partition coefficient (Wildman–Crippen LogP) is 14.5. The SMILES string of the molecule is c1ccc2c(c1)oc1cc(-c3nc(-c4ccc(-c5cc6oc7cccc8c9ccccc9c(c5)c6c78)cc4)nc(-c4cccc5c4sc4ccccc45)n3)ccc12. The van der Waals surface area contributed by atoms with Gasteiger partial charge < -0.3 is 8.83 Å². The van der Waals surface area contributed by atoms with Crippen LogP contribution in [0.3, 0.4) is 0 Å². The van der Waals surface area contributed by atoms with E-state index in [1.165, 1.54) is 47.8 Å². The van der Waals surface area contributed by atoms with Gasteiger partial charge in [0.25, 0.3) is 0 Å². The molecular weight excluding hydrogens is 719 g/mol. The van der Waals surface area contributed by atoms with Gasteiger partial charge >= 0.3 is 0 Å². The summed E-state index contributed by atoms with van der Waals surface area (Å²) in [5.74, 6) is 1.83. The maximum atomic E-state index is 6.51. The van der Waals surface area contributed by atoms with Gasteiger partial charge in [-0.1, -0.05) is 115 Å². The van der Waals surface area contributed by atoms with Crippen molar-refractivity contribution in [3.05, 3.63) is 164 Å². The molecule has 0 N–H and O–H groups in total. The Morgan fingerprint density at radius 1 is 0.333 bits per heavy atom. The van der Waals surface area contributed by atoms with Crippen molar-refractivity contribution < 1.29 is 8.83 Å². The molecule has 0 spiro atoms. The Hall–Kier alpha value is -7.41. The van der Waals surface area contributed by atoms with E-state index in [2.05, 4.69) is 140 Å². The maximum Gasteiger partial charge on any atom is 0.165 e. The molecule has 6 heteroatoms. The molecule has 0 atom stereocenters. The number of aromatic nitrogens is 3. The van der Waals surface area contributed by atoms with Crippen LogP contribution in [0, 0.1) is 0 Å². The predicted molar refractivity (Wildman–Crippen MR) is 235 cm³/mol. The Kier molecular flexibility index (Phi) is 6.26. The van der Waals surface area contributed by atoms with Crippen molar-refractivity contribution in [1.29, 1.82) is 0 Å². The van der Waals surface area contributed by atoms with Crippen molar-refractivity contribution >= 4 is 96.9 Å². The second kappa shape index (κ2) is 11.6. The summed E-state index contributed by atoms with van der Waals surface area (Å²) < 4.78 is 15.2. The Labute approximate surface area is 328 Å². The number of thiophene rings is 1. The third-order valence-electron chi connectivity index (χ3n) is 11.5. The minimum absolute atomic E-state index is 0.590. The lowest BCUT2D eigenvalue weighted by atomic mass is 9.92. The molecule has 4 aromatic heterocycles. The van der Waals surface area contributed by atoms with Gasteiger partial charge in [-0.2, -0.15) is 0 Å². The minimum Gasteiger partial charge on any atom is -0.456 e. The highest BCUT2D eigenvalue weighted by atomic mass is 32.1. The van der Waals surface area contributed by atoms with E-state index in [9.17, 15) is 0 Å². The summed E-state index contributed by atoms with van der Waals surface area (Å²) in [6.07, 6.45) is 0. The van der Waals surface area contributed by atoms with Gasteiger partial charge in [-0.3, -0.25) is 0 Å². The van der Waals surface area contributed by atoms with E-state index >= 15 is 0 Å². The zero-order valence-corrected chi connectivity index (χ0v) is 31.0.